The van der Waals surface area contributed by atoms with Gasteiger partial charge in [-0.15, -0.1) is 0 Å². The molecule has 0 aromatic heterocycles. The fourth-order valence-electron chi connectivity index (χ4n) is 8.82. The lowest BCUT2D eigenvalue weighted by molar-refractivity contribution is 1.26. The summed E-state index contributed by atoms with van der Waals surface area (Å²) in [6, 6.07) is 70.1. The number of para-hydroxylation sites is 4. The van der Waals surface area contributed by atoms with Crippen molar-refractivity contribution < 1.29 is 0 Å². The summed E-state index contributed by atoms with van der Waals surface area (Å²) in [6.07, 6.45) is 0. The Labute approximate surface area is 345 Å². The van der Waals surface area contributed by atoms with E-state index in [-0.39, 0.29) is 6.85 Å². The third-order valence-electron chi connectivity index (χ3n) is 11.1. The highest BCUT2D eigenvalue weighted by atomic mass is 15.2. The summed E-state index contributed by atoms with van der Waals surface area (Å²) >= 11 is 0. The van der Waals surface area contributed by atoms with Gasteiger partial charge in [-0.2, -0.15) is 0 Å². The lowest BCUT2D eigenvalue weighted by Crippen LogP contribution is -2.58. The summed E-state index contributed by atoms with van der Waals surface area (Å²) in [5, 5.41) is 0. The van der Waals surface area contributed by atoms with E-state index >= 15 is 0 Å². The van der Waals surface area contributed by atoms with Crippen LogP contribution in [0.4, 0.5) is 45.5 Å². The molecule has 4 heteroatoms. The average Bonchev–Trinajstić information content (AvgIpc) is 3.23. The summed E-state index contributed by atoms with van der Waals surface area (Å²) in [5.74, 6) is 0. The highest BCUT2D eigenvalue weighted by Gasteiger charge is 2.35. The normalized spacial score (nSPS) is 10.9. The van der Waals surface area contributed by atoms with Gasteiger partial charge in [0.2, 0.25) is 0 Å². The predicted octanol–water partition coefficient (Wildman–Crippen LogP) is 13.4. The molecule has 0 aliphatic heterocycles. The van der Waals surface area contributed by atoms with Crippen LogP contribution in [0.25, 0.3) is 0 Å². The van der Waals surface area contributed by atoms with Crippen LogP contribution in [0.1, 0.15) is 33.4 Å². The minimum atomic E-state index is -0.100. The first-order valence-electron chi connectivity index (χ1n) is 20.2. The Bertz CT molecular complexity index is 2300. The van der Waals surface area contributed by atoms with Crippen LogP contribution >= 0.6 is 0 Å². The van der Waals surface area contributed by atoms with Gasteiger partial charge >= 0.3 is 6.85 Å². The monoisotopic (exact) mass is 751 g/mol. The van der Waals surface area contributed by atoms with Gasteiger partial charge in [-0.3, -0.25) is 0 Å². The summed E-state index contributed by atoms with van der Waals surface area (Å²) < 4.78 is 0. The number of anilines is 8. The maximum atomic E-state index is 2.56. The van der Waals surface area contributed by atoms with Crippen LogP contribution in [0.2, 0.25) is 0 Å². The zero-order valence-corrected chi connectivity index (χ0v) is 34.4. The van der Waals surface area contributed by atoms with E-state index in [1.807, 2.05) is 0 Å². The molecule has 0 unspecified atom stereocenters. The Morgan fingerprint density at radius 2 is 0.500 bits per heavy atom. The number of hydrogen-bond donors (Lipinski definition) is 0. The molecule has 58 heavy (non-hydrogen) atoms. The Morgan fingerprint density at radius 1 is 0.276 bits per heavy atom. The Morgan fingerprint density at radius 3 is 0.759 bits per heavy atom. The molecule has 284 valence electrons. The average molecular weight is 752 g/mol. The van der Waals surface area contributed by atoms with Gasteiger partial charge in [-0.25, -0.2) is 0 Å². The van der Waals surface area contributed by atoms with Crippen molar-refractivity contribution in [3.63, 3.8) is 0 Å². The topological polar surface area (TPSA) is 9.72 Å². The third-order valence-corrected chi connectivity index (χ3v) is 11.1. The number of rotatable bonds is 11. The minimum absolute atomic E-state index is 0.100. The number of aryl methyl sites for hydroxylation is 6. The molecule has 8 rings (SSSR count). The second kappa shape index (κ2) is 16.8. The van der Waals surface area contributed by atoms with Crippen molar-refractivity contribution in [2.24, 2.45) is 0 Å². The van der Waals surface area contributed by atoms with E-state index in [0.29, 0.717) is 0 Å². The molecule has 0 saturated carbocycles. The van der Waals surface area contributed by atoms with Gasteiger partial charge in [0, 0.05) is 45.5 Å². The molecule has 0 fully saturated rings. The van der Waals surface area contributed by atoms with Crippen molar-refractivity contribution in [3.8, 4) is 0 Å². The molecule has 0 amide bonds. The van der Waals surface area contributed by atoms with E-state index in [2.05, 4.69) is 250 Å². The van der Waals surface area contributed by atoms with Crippen LogP contribution in [0, 0.1) is 41.5 Å². The molecule has 0 aliphatic rings. The van der Waals surface area contributed by atoms with E-state index in [1.54, 1.807) is 0 Å². The summed E-state index contributed by atoms with van der Waals surface area (Å²) in [6.45, 7) is 13.4. The zero-order valence-electron chi connectivity index (χ0n) is 34.4. The molecule has 0 radical (unpaired) electrons. The number of hydrogen-bond acceptors (Lipinski definition) is 3. The van der Waals surface area contributed by atoms with Crippen LogP contribution in [0.5, 0.6) is 0 Å². The van der Waals surface area contributed by atoms with Gasteiger partial charge in [-0.05, 0) is 150 Å². The maximum Gasteiger partial charge on any atom is 0.329 e. The van der Waals surface area contributed by atoms with Crippen LogP contribution < -0.4 is 25.5 Å². The second-order valence-electron chi connectivity index (χ2n) is 15.4. The molecule has 0 aliphatic carbocycles. The number of nitrogens with zero attached hydrogens (tertiary/aromatic N) is 3. The van der Waals surface area contributed by atoms with Gasteiger partial charge in [0.15, 0.2) is 0 Å². The maximum absolute atomic E-state index is 2.56. The lowest BCUT2D eigenvalue weighted by atomic mass is 9.45. The quantitative estimate of drug-likeness (QED) is 0.122. The van der Waals surface area contributed by atoms with Crippen molar-refractivity contribution in [2.75, 3.05) is 14.6 Å². The minimum Gasteiger partial charge on any atom is -0.377 e. The van der Waals surface area contributed by atoms with Crippen molar-refractivity contribution in [1.29, 1.82) is 0 Å². The molecule has 0 atom stereocenters. The highest BCUT2D eigenvalue weighted by Crippen LogP contribution is 2.39. The molecule has 0 N–H and O–H groups in total. The van der Waals surface area contributed by atoms with Crippen molar-refractivity contribution >= 4 is 63.3 Å². The van der Waals surface area contributed by atoms with Gasteiger partial charge < -0.3 is 14.6 Å². The summed E-state index contributed by atoms with van der Waals surface area (Å²) in [7, 11) is 0. The van der Waals surface area contributed by atoms with E-state index in [0.717, 1.165) is 45.5 Å². The van der Waals surface area contributed by atoms with E-state index in [1.165, 1.54) is 44.3 Å². The first kappa shape index (κ1) is 38.1. The first-order chi connectivity index (χ1) is 28.3. The van der Waals surface area contributed by atoms with Crippen molar-refractivity contribution in [2.45, 2.75) is 41.5 Å². The third kappa shape index (κ3) is 7.79. The summed E-state index contributed by atoms with van der Waals surface area (Å²) in [5.41, 5.74) is 19.3. The molecule has 8 aromatic carbocycles. The molecule has 0 saturated heterocycles. The van der Waals surface area contributed by atoms with E-state index < -0.39 is 0 Å². The lowest BCUT2D eigenvalue weighted by Gasteiger charge is -2.36. The molecule has 0 spiro atoms. The van der Waals surface area contributed by atoms with Crippen molar-refractivity contribution in [3.05, 3.63) is 228 Å². The largest absolute Gasteiger partial charge is 0.377 e. The Balaban J connectivity index is 1.33. The molecule has 0 heterocycles. The first-order valence-corrected chi connectivity index (χ1v) is 20.2. The van der Waals surface area contributed by atoms with Gasteiger partial charge in [0.1, 0.15) is 0 Å². The zero-order chi connectivity index (χ0) is 40.2. The second-order valence-corrected chi connectivity index (χ2v) is 15.4. The van der Waals surface area contributed by atoms with E-state index in [9.17, 15) is 0 Å². The predicted molar refractivity (Wildman–Crippen MR) is 251 cm³/mol. The highest BCUT2D eigenvalue weighted by molar-refractivity contribution is 6.90. The van der Waals surface area contributed by atoms with E-state index in [4.69, 9.17) is 0 Å². The van der Waals surface area contributed by atoms with Gasteiger partial charge in [-0.1, -0.05) is 130 Å². The summed E-state index contributed by atoms with van der Waals surface area (Å²) in [4.78, 5) is 7.21. The van der Waals surface area contributed by atoms with Crippen LogP contribution in [0.15, 0.2) is 194 Å². The molecule has 0 bridgehead atoms. The van der Waals surface area contributed by atoms with Crippen LogP contribution in [0.3, 0.4) is 0 Å². The Hall–Kier alpha value is -6.78. The number of benzene rings is 8. The van der Waals surface area contributed by atoms with Gasteiger partial charge in [0.25, 0.3) is 0 Å². The fraction of sp³-hybridized carbons (Fsp3) is 0.111. The standard InChI is InChI=1S/C54H50BN3/c1-39-35-41(3)53(42(4)36-39)55(54-43(5)37-40(2)38-44(54)6)58(51-31-27-49(28-32-51)56(45-19-11-7-12-20-45)46-21-13-8-14-22-46)52-33-29-50(30-34-52)57(47-23-15-9-16-24-47)48-25-17-10-18-26-48/h7-38H,1-6H3. The molecular weight excluding hydrogens is 701 g/mol. The Kier molecular flexibility index (Phi) is 11.0. The fourth-order valence-corrected chi connectivity index (χ4v) is 8.82. The molecular formula is C54H50BN3. The van der Waals surface area contributed by atoms with Crippen LogP contribution in [-0.4, -0.2) is 6.85 Å². The van der Waals surface area contributed by atoms with Crippen LogP contribution in [-0.2, 0) is 0 Å². The molecule has 3 nitrogen and oxygen atoms in total. The van der Waals surface area contributed by atoms with Gasteiger partial charge in [0.05, 0.1) is 0 Å². The molecule has 8 aromatic rings. The smallest absolute Gasteiger partial charge is 0.329 e. The van der Waals surface area contributed by atoms with Crippen molar-refractivity contribution in [1.82, 2.24) is 0 Å². The SMILES string of the molecule is Cc1cc(C)c(B(c2c(C)cc(C)cc2C)N(c2ccc(N(c3ccccc3)c3ccccc3)cc2)c2ccc(N(c3ccccc3)c3ccccc3)cc2)c(C)c1.